The van der Waals surface area contributed by atoms with Gasteiger partial charge >= 0.3 is 11.9 Å². The summed E-state index contributed by atoms with van der Waals surface area (Å²) in [4.78, 5) is 22.1. The molecule has 1 N–H and O–H groups in total. The third kappa shape index (κ3) is 4.09. The number of carbonyl (C=O) groups is 2. The smallest absolute Gasteiger partial charge is 0.322 e. The van der Waals surface area contributed by atoms with Gasteiger partial charge in [-0.05, 0) is 23.0 Å². The summed E-state index contributed by atoms with van der Waals surface area (Å²) in [6.07, 6.45) is -0.621. The Morgan fingerprint density at radius 2 is 1.58 bits per heavy atom. The highest BCUT2D eigenvalue weighted by molar-refractivity contribution is 5.91. The lowest BCUT2D eigenvalue weighted by molar-refractivity contribution is -0.145. The molecule has 0 atom stereocenters. The van der Waals surface area contributed by atoms with Gasteiger partial charge in [-0.3, -0.25) is 9.59 Å². The molecule has 0 aliphatic heterocycles. The quantitative estimate of drug-likeness (QED) is 0.503. The van der Waals surface area contributed by atoms with Crippen LogP contribution >= 0.6 is 0 Å². The standard InChI is InChI=1S/C15H20O4/c1-9(2)11-6-5-7-12(10(3)4)15(11)19-14(18)8-13(16)17/h5-7,9-10H,8H2,1-4H3,(H,16,17). The molecule has 4 heteroatoms. The molecule has 0 heterocycles. The van der Waals surface area contributed by atoms with Crippen LogP contribution in [-0.4, -0.2) is 17.0 Å². The number of aliphatic carboxylic acids is 1. The Hall–Kier alpha value is -1.84. The molecule has 4 nitrogen and oxygen atoms in total. The van der Waals surface area contributed by atoms with Crippen LogP contribution in [0.4, 0.5) is 0 Å². The van der Waals surface area contributed by atoms with Crippen LogP contribution in [0, 0.1) is 0 Å². The van der Waals surface area contributed by atoms with Crippen molar-refractivity contribution in [3.63, 3.8) is 0 Å². The summed E-state index contributed by atoms with van der Waals surface area (Å²) in [7, 11) is 0. The molecule has 1 aromatic rings. The van der Waals surface area contributed by atoms with E-state index in [2.05, 4.69) is 0 Å². The lowest BCUT2D eigenvalue weighted by Gasteiger charge is -2.18. The van der Waals surface area contributed by atoms with Gasteiger partial charge in [0.1, 0.15) is 12.2 Å². The number of carboxylic acid groups (broad SMARTS) is 1. The minimum Gasteiger partial charge on any atom is -0.481 e. The molecule has 0 spiro atoms. The Morgan fingerprint density at radius 3 is 1.95 bits per heavy atom. The van der Waals surface area contributed by atoms with Gasteiger partial charge in [0.25, 0.3) is 0 Å². The van der Waals surface area contributed by atoms with Gasteiger partial charge in [0.2, 0.25) is 0 Å². The molecular weight excluding hydrogens is 244 g/mol. The molecule has 0 aliphatic rings. The maximum Gasteiger partial charge on any atom is 0.322 e. The molecule has 1 aromatic carbocycles. The number of carboxylic acids is 1. The van der Waals surface area contributed by atoms with Gasteiger partial charge in [-0.1, -0.05) is 45.9 Å². The minimum atomic E-state index is -1.18. The molecule has 0 radical (unpaired) electrons. The summed E-state index contributed by atoms with van der Waals surface area (Å²) in [6, 6.07) is 5.74. The van der Waals surface area contributed by atoms with Gasteiger partial charge in [0.05, 0.1) is 0 Å². The van der Waals surface area contributed by atoms with Crippen LogP contribution in [0.15, 0.2) is 18.2 Å². The predicted octanol–water partition coefficient (Wildman–Crippen LogP) is 3.31. The van der Waals surface area contributed by atoms with Crippen molar-refractivity contribution in [2.24, 2.45) is 0 Å². The predicted molar refractivity (Wildman–Crippen MR) is 72.5 cm³/mol. The molecule has 104 valence electrons. The summed E-state index contributed by atoms with van der Waals surface area (Å²) in [6.45, 7) is 8.03. The van der Waals surface area contributed by atoms with Crippen molar-refractivity contribution < 1.29 is 19.4 Å². The van der Waals surface area contributed by atoms with E-state index >= 15 is 0 Å². The number of ether oxygens (including phenoxy) is 1. The third-order valence-corrected chi connectivity index (χ3v) is 2.83. The first-order valence-electron chi connectivity index (χ1n) is 6.38. The van der Waals surface area contributed by atoms with Gasteiger partial charge in [0, 0.05) is 0 Å². The number of para-hydroxylation sites is 1. The van der Waals surface area contributed by atoms with Gasteiger partial charge in [-0.2, -0.15) is 0 Å². The number of benzene rings is 1. The average Bonchev–Trinajstić information content (AvgIpc) is 2.27. The van der Waals surface area contributed by atoms with E-state index in [0.29, 0.717) is 5.75 Å². The van der Waals surface area contributed by atoms with Crippen molar-refractivity contribution in [1.29, 1.82) is 0 Å². The molecule has 0 amide bonds. The molecule has 0 aliphatic carbocycles. The lowest BCUT2D eigenvalue weighted by atomic mass is 9.94. The number of hydrogen-bond donors (Lipinski definition) is 1. The van der Waals surface area contributed by atoms with E-state index in [-0.39, 0.29) is 11.8 Å². The van der Waals surface area contributed by atoms with Gasteiger partial charge < -0.3 is 9.84 Å². The first-order chi connectivity index (χ1) is 8.82. The largest absolute Gasteiger partial charge is 0.481 e. The zero-order chi connectivity index (χ0) is 14.6. The Balaban J connectivity index is 3.14. The Morgan fingerprint density at radius 1 is 1.11 bits per heavy atom. The zero-order valence-corrected chi connectivity index (χ0v) is 11.8. The molecule has 0 unspecified atom stereocenters. The molecule has 0 fully saturated rings. The van der Waals surface area contributed by atoms with Crippen molar-refractivity contribution in [1.82, 2.24) is 0 Å². The first-order valence-corrected chi connectivity index (χ1v) is 6.38. The van der Waals surface area contributed by atoms with Crippen LogP contribution in [0.25, 0.3) is 0 Å². The van der Waals surface area contributed by atoms with Crippen molar-refractivity contribution in [2.45, 2.75) is 46.0 Å². The SMILES string of the molecule is CC(C)c1cccc(C(C)C)c1OC(=O)CC(=O)O. The second-order valence-corrected chi connectivity index (χ2v) is 5.12. The van der Waals surface area contributed by atoms with E-state index in [1.54, 1.807) is 0 Å². The average molecular weight is 264 g/mol. The highest BCUT2D eigenvalue weighted by Gasteiger charge is 2.19. The van der Waals surface area contributed by atoms with E-state index in [4.69, 9.17) is 9.84 Å². The summed E-state index contributed by atoms with van der Waals surface area (Å²) in [5, 5.41) is 8.62. The van der Waals surface area contributed by atoms with Crippen molar-refractivity contribution in [3.05, 3.63) is 29.3 Å². The second kappa shape index (κ2) is 6.36. The Bertz CT molecular complexity index is 449. The van der Waals surface area contributed by atoms with E-state index in [0.717, 1.165) is 11.1 Å². The molecule has 0 aromatic heterocycles. The monoisotopic (exact) mass is 264 g/mol. The third-order valence-electron chi connectivity index (χ3n) is 2.83. The van der Waals surface area contributed by atoms with Crippen molar-refractivity contribution in [3.8, 4) is 5.75 Å². The first kappa shape index (κ1) is 15.2. The van der Waals surface area contributed by atoms with Crippen LogP contribution in [0.2, 0.25) is 0 Å². The molecule has 0 saturated heterocycles. The van der Waals surface area contributed by atoms with Crippen LogP contribution in [-0.2, 0) is 9.59 Å². The number of carbonyl (C=O) groups excluding carboxylic acids is 1. The summed E-state index contributed by atoms with van der Waals surface area (Å²) < 4.78 is 5.29. The zero-order valence-electron chi connectivity index (χ0n) is 11.8. The topological polar surface area (TPSA) is 63.6 Å². The maximum absolute atomic E-state index is 11.6. The van der Waals surface area contributed by atoms with Crippen molar-refractivity contribution >= 4 is 11.9 Å². The molecule has 19 heavy (non-hydrogen) atoms. The summed E-state index contributed by atoms with van der Waals surface area (Å²) in [5.41, 5.74) is 1.84. The highest BCUT2D eigenvalue weighted by Crippen LogP contribution is 2.34. The van der Waals surface area contributed by atoms with Gasteiger partial charge in [-0.15, -0.1) is 0 Å². The summed E-state index contributed by atoms with van der Waals surface area (Å²) >= 11 is 0. The second-order valence-electron chi connectivity index (χ2n) is 5.12. The lowest BCUT2D eigenvalue weighted by Crippen LogP contribution is -2.15. The summed E-state index contributed by atoms with van der Waals surface area (Å²) in [5.74, 6) is -1.00. The van der Waals surface area contributed by atoms with Crippen LogP contribution in [0.5, 0.6) is 5.75 Å². The van der Waals surface area contributed by atoms with Crippen molar-refractivity contribution in [2.75, 3.05) is 0 Å². The van der Waals surface area contributed by atoms with E-state index in [1.807, 2.05) is 45.9 Å². The van der Waals surface area contributed by atoms with E-state index in [1.165, 1.54) is 0 Å². The molecular formula is C15H20O4. The molecule has 0 bridgehead atoms. The fourth-order valence-electron chi connectivity index (χ4n) is 1.87. The van der Waals surface area contributed by atoms with Crippen LogP contribution in [0.3, 0.4) is 0 Å². The van der Waals surface area contributed by atoms with Crippen LogP contribution in [0.1, 0.15) is 57.1 Å². The normalized spacial score (nSPS) is 10.8. The van der Waals surface area contributed by atoms with E-state index in [9.17, 15) is 9.59 Å². The van der Waals surface area contributed by atoms with Gasteiger partial charge in [0.15, 0.2) is 0 Å². The van der Waals surface area contributed by atoms with E-state index < -0.39 is 18.4 Å². The highest BCUT2D eigenvalue weighted by atomic mass is 16.5. The van der Waals surface area contributed by atoms with Crippen LogP contribution < -0.4 is 4.74 Å². The number of hydrogen-bond acceptors (Lipinski definition) is 3. The Kier molecular flexibility index (Phi) is 5.10. The fraction of sp³-hybridized carbons (Fsp3) is 0.467. The fourth-order valence-corrected chi connectivity index (χ4v) is 1.87. The maximum atomic E-state index is 11.6. The number of rotatable bonds is 5. The number of esters is 1. The molecule has 1 rings (SSSR count). The minimum absolute atomic E-state index is 0.200. The van der Waals surface area contributed by atoms with Gasteiger partial charge in [-0.25, -0.2) is 0 Å². The molecule has 0 saturated carbocycles. The Labute approximate surface area is 113 Å².